The van der Waals surface area contributed by atoms with Gasteiger partial charge in [-0.05, 0) is 24.6 Å². The maximum absolute atomic E-state index is 12.8. The zero-order valence-electron chi connectivity index (χ0n) is 20.4. The van der Waals surface area contributed by atoms with Gasteiger partial charge in [0.05, 0.1) is 18.4 Å². The topological polar surface area (TPSA) is 78.1 Å². The molecule has 0 saturated carbocycles. The molecule has 3 atom stereocenters. The summed E-state index contributed by atoms with van der Waals surface area (Å²) in [5.74, 6) is 0.833. The van der Waals surface area contributed by atoms with Gasteiger partial charge in [-0.25, -0.2) is 9.80 Å². The molecule has 5 rings (SSSR count). The zero-order valence-corrected chi connectivity index (χ0v) is 20.4. The summed E-state index contributed by atoms with van der Waals surface area (Å²) in [6, 6.07) is 12.2. The largest absolute Gasteiger partial charge is 0.492 e. The molecule has 3 heterocycles. The lowest BCUT2D eigenvalue weighted by molar-refractivity contribution is 0.0258. The highest BCUT2D eigenvalue weighted by Crippen LogP contribution is 2.32. The van der Waals surface area contributed by atoms with E-state index in [2.05, 4.69) is 41.7 Å². The van der Waals surface area contributed by atoms with Crippen LogP contribution < -0.4 is 20.8 Å². The highest BCUT2D eigenvalue weighted by atomic mass is 16.5. The summed E-state index contributed by atoms with van der Waals surface area (Å²) in [7, 11) is 1.92. The number of hydrogen-bond acceptors (Lipinski definition) is 6. The lowest BCUT2D eigenvalue weighted by Crippen LogP contribution is -2.47. The Morgan fingerprint density at radius 3 is 2.68 bits per heavy atom. The summed E-state index contributed by atoms with van der Waals surface area (Å²) < 4.78 is 11.9. The van der Waals surface area contributed by atoms with Crippen molar-refractivity contribution < 1.29 is 14.3 Å². The number of hydrazine groups is 1. The van der Waals surface area contributed by atoms with Gasteiger partial charge in [0.1, 0.15) is 18.5 Å². The molecular weight excluding hydrogens is 430 g/mol. The van der Waals surface area contributed by atoms with Gasteiger partial charge in [0.15, 0.2) is 0 Å². The molecule has 182 valence electrons. The third-order valence-corrected chi connectivity index (χ3v) is 6.91. The van der Waals surface area contributed by atoms with E-state index in [4.69, 9.17) is 9.47 Å². The maximum Gasteiger partial charge on any atom is 0.320 e. The molecule has 2 aromatic carbocycles. The first kappa shape index (κ1) is 23.0. The fourth-order valence-electron chi connectivity index (χ4n) is 4.95. The van der Waals surface area contributed by atoms with Gasteiger partial charge < -0.3 is 25.5 Å². The van der Waals surface area contributed by atoms with Crippen molar-refractivity contribution >= 4 is 22.5 Å². The van der Waals surface area contributed by atoms with Crippen LogP contribution in [0.25, 0.3) is 10.8 Å². The fraction of sp³-hybridized carbons (Fsp3) is 0.500. The predicted octanol–water partition coefficient (Wildman–Crippen LogP) is 3.52. The van der Waals surface area contributed by atoms with Gasteiger partial charge in [-0.1, -0.05) is 45.0 Å². The van der Waals surface area contributed by atoms with Crippen LogP contribution >= 0.6 is 0 Å². The molecule has 0 aromatic heterocycles. The number of anilines is 1. The number of carbonyl (C=O) groups excluding carboxylic acids is 1. The second-order valence-corrected chi connectivity index (χ2v) is 10.4. The molecule has 8 nitrogen and oxygen atoms in total. The van der Waals surface area contributed by atoms with E-state index < -0.39 is 0 Å². The Morgan fingerprint density at radius 2 is 2.00 bits per heavy atom. The van der Waals surface area contributed by atoms with Gasteiger partial charge in [-0.3, -0.25) is 4.90 Å². The third kappa shape index (κ3) is 4.71. The minimum Gasteiger partial charge on any atom is -0.492 e. The molecule has 0 aliphatic carbocycles. The summed E-state index contributed by atoms with van der Waals surface area (Å²) in [6.07, 6.45) is 3.37. The number of morpholine rings is 1. The van der Waals surface area contributed by atoms with E-state index in [-0.39, 0.29) is 17.6 Å². The number of allylic oxidation sites excluding steroid dienone is 1. The van der Waals surface area contributed by atoms with Crippen molar-refractivity contribution in [2.75, 3.05) is 38.7 Å². The Kier molecular flexibility index (Phi) is 6.14. The molecule has 3 aliphatic heterocycles. The maximum atomic E-state index is 12.8. The molecule has 34 heavy (non-hydrogen) atoms. The van der Waals surface area contributed by atoms with E-state index in [1.165, 1.54) is 0 Å². The lowest BCUT2D eigenvalue weighted by Gasteiger charge is -2.26. The average Bonchev–Trinajstić information content (AvgIpc) is 3.51. The highest BCUT2D eigenvalue weighted by molar-refractivity contribution is 6.03. The SMILES string of the molecule is CN1NC(C(C)(C)C)=CC1NC(=O)Nc1ccc(OCCN2CC3CC2CO3)c2ccccc12. The summed E-state index contributed by atoms with van der Waals surface area (Å²) in [4.78, 5) is 15.3. The van der Waals surface area contributed by atoms with Crippen molar-refractivity contribution in [3.63, 3.8) is 0 Å². The second kappa shape index (κ2) is 9.09. The Balaban J connectivity index is 1.23. The lowest BCUT2D eigenvalue weighted by atomic mass is 9.92. The van der Waals surface area contributed by atoms with Gasteiger partial charge in [0, 0.05) is 48.1 Å². The van der Waals surface area contributed by atoms with Crippen LogP contribution in [0.1, 0.15) is 27.2 Å². The van der Waals surface area contributed by atoms with Crippen molar-refractivity contribution in [3.05, 3.63) is 48.2 Å². The molecule has 3 aliphatic rings. The van der Waals surface area contributed by atoms with Crippen LogP contribution in [0.2, 0.25) is 0 Å². The van der Waals surface area contributed by atoms with Gasteiger partial charge >= 0.3 is 6.03 Å². The number of likely N-dealkylation sites (N-methyl/N-ethyl adjacent to an activating group) is 1. The minimum atomic E-state index is -0.254. The van der Waals surface area contributed by atoms with Crippen molar-refractivity contribution in [1.82, 2.24) is 20.7 Å². The Labute approximate surface area is 201 Å². The van der Waals surface area contributed by atoms with Crippen LogP contribution in [-0.2, 0) is 4.74 Å². The minimum absolute atomic E-state index is 0.0185. The molecule has 2 saturated heterocycles. The number of rotatable bonds is 6. The van der Waals surface area contributed by atoms with E-state index in [9.17, 15) is 4.79 Å². The number of urea groups is 1. The number of ether oxygens (including phenoxy) is 2. The van der Waals surface area contributed by atoms with Crippen molar-refractivity contribution in [2.45, 2.75) is 45.5 Å². The highest BCUT2D eigenvalue weighted by Gasteiger charge is 2.38. The van der Waals surface area contributed by atoms with Crippen LogP contribution in [0.15, 0.2) is 48.2 Å². The van der Waals surface area contributed by atoms with E-state index in [1.54, 1.807) is 0 Å². The molecule has 2 fully saturated rings. The molecule has 0 radical (unpaired) electrons. The Morgan fingerprint density at radius 1 is 1.21 bits per heavy atom. The fourth-order valence-corrected chi connectivity index (χ4v) is 4.95. The van der Waals surface area contributed by atoms with Gasteiger partial charge in [0.2, 0.25) is 0 Å². The number of likely N-dealkylation sites (tertiary alicyclic amines) is 1. The normalized spacial score (nSPS) is 24.8. The number of amides is 2. The van der Waals surface area contributed by atoms with Gasteiger partial charge in [-0.15, -0.1) is 0 Å². The molecule has 3 N–H and O–H groups in total. The zero-order chi connectivity index (χ0) is 23.9. The molecule has 2 aromatic rings. The van der Waals surface area contributed by atoms with Crippen LogP contribution in [0.5, 0.6) is 5.75 Å². The summed E-state index contributed by atoms with van der Waals surface area (Å²) in [5.41, 5.74) is 5.14. The number of carbonyl (C=O) groups is 1. The Hall–Kier alpha value is -2.81. The Bertz CT molecular complexity index is 1100. The predicted molar refractivity (Wildman–Crippen MR) is 134 cm³/mol. The number of hydrogen-bond donors (Lipinski definition) is 3. The summed E-state index contributed by atoms with van der Waals surface area (Å²) in [6.45, 7) is 9.80. The third-order valence-electron chi connectivity index (χ3n) is 6.91. The van der Waals surface area contributed by atoms with Gasteiger partial charge in [-0.2, -0.15) is 0 Å². The number of benzene rings is 2. The van der Waals surface area contributed by atoms with E-state index in [0.717, 1.165) is 54.0 Å². The van der Waals surface area contributed by atoms with E-state index in [0.29, 0.717) is 18.8 Å². The first-order valence-electron chi connectivity index (χ1n) is 12.1. The molecule has 3 unspecified atom stereocenters. The van der Waals surface area contributed by atoms with Crippen LogP contribution in [0.4, 0.5) is 10.5 Å². The standard InChI is InChI=1S/C26H35N5O3/c1-26(2,3)23-14-24(30(4)29-23)28-25(32)27-21-9-10-22(20-8-6-5-7-19(20)21)33-12-11-31-15-18-13-17(31)16-34-18/h5-10,14,17-18,24,29H,11-13,15-16H2,1-4H3,(H2,27,28,32). The molecule has 2 amide bonds. The van der Waals surface area contributed by atoms with E-state index >= 15 is 0 Å². The van der Waals surface area contributed by atoms with Crippen LogP contribution in [0, 0.1) is 5.41 Å². The first-order chi connectivity index (χ1) is 16.3. The smallest absolute Gasteiger partial charge is 0.320 e. The van der Waals surface area contributed by atoms with Gasteiger partial charge in [0.25, 0.3) is 0 Å². The molecule has 8 heteroatoms. The molecular formula is C26H35N5O3. The number of nitrogens with zero attached hydrogens (tertiary/aromatic N) is 2. The molecule has 0 spiro atoms. The van der Waals surface area contributed by atoms with Crippen LogP contribution in [-0.4, -0.2) is 67.6 Å². The number of fused-ring (bicyclic) bond motifs is 3. The van der Waals surface area contributed by atoms with Crippen LogP contribution in [0.3, 0.4) is 0 Å². The van der Waals surface area contributed by atoms with E-state index in [1.807, 2.05) is 54.5 Å². The average molecular weight is 466 g/mol. The summed E-state index contributed by atoms with van der Waals surface area (Å²) in [5, 5.41) is 9.88. The number of nitrogens with one attached hydrogen (secondary N) is 3. The quantitative estimate of drug-likeness (QED) is 0.606. The second-order valence-electron chi connectivity index (χ2n) is 10.4. The van der Waals surface area contributed by atoms with Crippen molar-refractivity contribution in [3.8, 4) is 5.75 Å². The monoisotopic (exact) mass is 465 g/mol. The molecule has 2 bridgehead atoms. The first-order valence-corrected chi connectivity index (χ1v) is 12.1. The van der Waals surface area contributed by atoms with Crippen molar-refractivity contribution in [2.24, 2.45) is 5.41 Å². The van der Waals surface area contributed by atoms with Crippen molar-refractivity contribution in [1.29, 1.82) is 0 Å². The summed E-state index contributed by atoms with van der Waals surface area (Å²) >= 11 is 0.